The third-order valence-corrected chi connectivity index (χ3v) is 6.58. The summed E-state index contributed by atoms with van der Waals surface area (Å²) in [5, 5.41) is 0.267. The highest BCUT2D eigenvalue weighted by atomic mass is 35.5. The van der Waals surface area contributed by atoms with Gasteiger partial charge in [0.25, 0.3) is 0 Å². The summed E-state index contributed by atoms with van der Waals surface area (Å²) in [7, 11) is -0.0970. The molecular formula is C16H24ClN3O4S. The molecule has 3 rings (SSSR count). The Morgan fingerprint density at radius 1 is 1.24 bits per heavy atom. The van der Waals surface area contributed by atoms with Crippen molar-refractivity contribution < 1.29 is 17.9 Å². The van der Waals surface area contributed by atoms with Gasteiger partial charge in [0.1, 0.15) is 5.75 Å². The van der Waals surface area contributed by atoms with Gasteiger partial charge in [-0.05, 0) is 25.2 Å². The Balaban J connectivity index is 1.72. The van der Waals surface area contributed by atoms with Gasteiger partial charge < -0.3 is 14.4 Å². The number of benzene rings is 1. The fourth-order valence-electron chi connectivity index (χ4n) is 3.25. The van der Waals surface area contributed by atoms with E-state index in [0.29, 0.717) is 19.0 Å². The van der Waals surface area contributed by atoms with Crippen molar-refractivity contribution in [2.75, 3.05) is 53.6 Å². The normalized spacial score (nSPS) is 26.0. The Kier molecular flexibility index (Phi) is 5.87. The fourth-order valence-corrected chi connectivity index (χ4v) is 4.85. The van der Waals surface area contributed by atoms with E-state index in [0.717, 1.165) is 26.2 Å². The van der Waals surface area contributed by atoms with Crippen LogP contribution in [0.3, 0.4) is 0 Å². The van der Waals surface area contributed by atoms with E-state index in [9.17, 15) is 8.42 Å². The minimum atomic E-state index is -3.68. The van der Waals surface area contributed by atoms with Gasteiger partial charge in [-0.15, -0.1) is 0 Å². The van der Waals surface area contributed by atoms with Gasteiger partial charge in [-0.2, -0.15) is 0 Å². The molecule has 1 aromatic rings. The van der Waals surface area contributed by atoms with Crippen molar-refractivity contribution in [3.8, 4) is 5.75 Å². The Bertz CT molecular complexity index is 707. The summed E-state index contributed by atoms with van der Waals surface area (Å²) in [6.45, 7) is 4.70. The molecule has 25 heavy (non-hydrogen) atoms. The highest BCUT2D eigenvalue weighted by molar-refractivity contribution is 7.89. The fraction of sp³-hybridized carbons (Fsp3) is 0.625. The molecular weight excluding hydrogens is 366 g/mol. The van der Waals surface area contributed by atoms with Crippen LogP contribution in [0.15, 0.2) is 23.1 Å². The van der Waals surface area contributed by atoms with Crippen molar-refractivity contribution in [3.05, 3.63) is 23.2 Å². The minimum absolute atomic E-state index is 0.0530. The molecule has 0 saturated carbocycles. The maximum absolute atomic E-state index is 12.7. The molecule has 0 amide bonds. The second-order valence-electron chi connectivity index (χ2n) is 6.47. The van der Waals surface area contributed by atoms with Gasteiger partial charge in [-0.25, -0.2) is 13.1 Å². The Morgan fingerprint density at radius 2 is 1.96 bits per heavy atom. The van der Waals surface area contributed by atoms with Crippen LogP contribution in [0.5, 0.6) is 5.75 Å². The highest BCUT2D eigenvalue weighted by Crippen LogP contribution is 2.27. The summed E-state index contributed by atoms with van der Waals surface area (Å²) in [4.78, 5) is 4.70. The average molecular weight is 390 g/mol. The first kappa shape index (κ1) is 18.9. The first-order valence-electron chi connectivity index (χ1n) is 8.27. The topological polar surface area (TPSA) is 71.1 Å². The quantitative estimate of drug-likeness (QED) is 0.797. The molecule has 2 fully saturated rings. The van der Waals surface area contributed by atoms with Gasteiger partial charge in [0.2, 0.25) is 10.0 Å². The monoisotopic (exact) mass is 389 g/mol. The Labute approximate surface area is 153 Å². The molecule has 0 aliphatic carbocycles. The molecule has 2 saturated heterocycles. The summed E-state index contributed by atoms with van der Waals surface area (Å²) in [6, 6.07) is 4.24. The van der Waals surface area contributed by atoms with Crippen LogP contribution in [0.1, 0.15) is 0 Å². The number of hydrogen-bond acceptors (Lipinski definition) is 6. The zero-order chi connectivity index (χ0) is 18.0. The van der Waals surface area contributed by atoms with Crippen LogP contribution in [-0.2, 0) is 14.8 Å². The maximum Gasteiger partial charge on any atom is 0.241 e. The number of rotatable bonds is 5. The summed E-state index contributed by atoms with van der Waals surface area (Å²) in [5.41, 5.74) is 0. The molecule has 2 aliphatic rings. The molecule has 7 nitrogen and oxygen atoms in total. The van der Waals surface area contributed by atoms with Crippen molar-refractivity contribution in [3.63, 3.8) is 0 Å². The second kappa shape index (κ2) is 7.77. The van der Waals surface area contributed by atoms with E-state index in [2.05, 4.69) is 21.6 Å². The number of piperazine rings is 1. The van der Waals surface area contributed by atoms with E-state index >= 15 is 0 Å². The molecule has 140 valence electrons. The van der Waals surface area contributed by atoms with Gasteiger partial charge in [0.05, 0.1) is 42.3 Å². The van der Waals surface area contributed by atoms with Crippen LogP contribution >= 0.6 is 11.6 Å². The van der Waals surface area contributed by atoms with Gasteiger partial charge in [0.15, 0.2) is 0 Å². The largest absolute Gasteiger partial charge is 0.495 e. The lowest BCUT2D eigenvalue weighted by Gasteiger charge is -2.37. The van der Waals surface area contributed by atoms with E-state index in [1.165, 1.54) is 19.2 Å². The van der Waals surface area contributed by atoms with Crippen molar-refractivity contribution in [2.45, 2.75) is 17.0 Å². The Morgan fingerprint density at radius 3 is 2.60 bits per heavy atom. The molecule has 0 spiro atoms. The molecule has 2 aliphatic heterocycles. The number of halogens is 1. The van der Waals surface area contributed by atoms with Crippen molar-refractivity contribution in [1.29, 1.82) is 0 Å². The van der Waals surface area contributed by atoms with Crippen molar-refractivity contribution in [1.82, 2.24) is 14.5 Å². The number of nitrogens with one attached hydrogen (secondary N) is 1. The molecule has 9 heteroatoms. The van der Waals surface area contributed by atoms with E-state index in [1.54, 1.807) is 6.07 Å². The zero-order valence-corrected chi connectivity index (χ0v) is 16.0. The molecule has 0 aromatic heterocycles. The molecule has 0 unspecified atom stereocenters. The standard InChI is InChI=1S/C16H24ClN3O4S/c1-19-5-7-20(8-6-19)15-11-24-10-14(15)18-25(21,22)12-3-4-16(23-2)13(17)9-12/h3-4,9,14-15,18H,5-8,10-11H2,1-2H3/t14-,15-/m0/s1. The lowest BCUT2D eigenvalue weighted by molar-refractivity contribution is 0.0930. The van der Waals surface area contributed by atoms with Gasteiger partial charge >= 0.3 is 0 Å². The van der Waals surface area contributed by atoms with Crippen LogP contribution in [0, 0.1) is 0 Å². The van der Waals surface area contributed by atoms with E-state index in [1.807, 2.05) is 0 Å². The molecule has 1 N–H and O–H groups in total. The first-order valence-corrected chi connectivity index (χ1v) is 10.1. The highest BCUT2D eigenvalue weighted by Gasteiger charge is 2.37. The molecule has 0 bridgehead atoms. The molecule has 0 radical (unpaired) electrons. The number of likely N-dealkylation sites (N-methyl/N-ethyl adjacent to an activating group) is 1. The smallest absolute Gasteiger partial charge is 0.241 e. The average Bonchev–Trinajstić information content (AvgIpc) is 3.03. The van der Waals surface area contributed by atoms with Gasteiger partial charge in [0, 0.05) is 26.2 Å². The lowest BCUT2D eigenvalue weighted by Crippen LogP contribution is -2.56. The molecule has 2 atom stereocenters. The van der Waals surface area contributed by atoms with Crippen LogP contribution < -0.4 is 9.46 Å². The number of ether oxygens (including phenoxy) is 2. The Hall–Kier alpha value is -0.900. The summed E-state index contributed by atoms with van der Waals surface area (Å²) < 4.78 is 38.9. The third-order valence-electron chi connectivity index (χ3n) is 4.80. The van der Waals surface area contributed by atoms with Gasteiger partial charge in [-0.1, -0.05) is 11.6 Å². The molecule has 2 heterocycles. The molecule has 1 aromatic carbocycles. The lowest BCUT2D eigenvalue weighted by atomic mass is 10.1. The summed E-state index contributed by atoms with van der Waals surface area (Å²) in [5.74, 6) is 0.445. The van der Waals surface area contributed by atoms with Crippen LogP contribution in [0.25, 0.3) is 0 Å². The van der Waals surface area contributed by atoms with Gasteiger partial charge in [-0.3, -0.25) is 4.90 Å². The maximum atomic E-state index is 12.7. The second-order valence-corrected chi connectivity index (χ2v) is 8.59. The van der Waals surface area contributed by atoms with Crippen LogP contribution in [-0.4, -0.2) is 83.9 Å². The third kappa shape index (κ3) is 4.27. The van der Waals surface area contributed by atoms with E-state index in [-0.39, 0.29) is 22.0 Å². The summed E-state index contributed by atoms with van der Waals surface area (Å²) >= 11 is 6.06. The van der Waals surface area contributed by atoms with Crippen molar-refractivity contribution in [2.24, 2.45) is 0 Å². The van der Waals surface area contributed by atoms with Crippen molar-refractivity contribution >= 4 is 21.6 Å². The minimum Gasteiger partial charge on any atom is -0.495 e. The predicted molar refractivity (Wildman–Crippen MR) is 95.8 cm³/mol. The summed E-state index contributed by atoms with van der Waals surface area (Å²) in [6.07, 6.45) is 0. The van der Waals surface area contributed by atoms with E-state index in [4.69, 9.17) is 21.1 Å². The SMILES string of the molecule is COc1ccc(S(=O)(=O)N[C@H]2COC[C@@H]2N2CCN(C)CC2)cc1Cl. The zero-order valence-electron chi connectivity index (χ0n) is 14.4. The number of methoxy groups -OCH3 is 1. The number of nitrogens with zero attached hydrogens (tertiary/aromatic N) is 2. The number of sulfonamides is 1. The first-order chi connectivity index (χ1) is 11.9. The van der Waals surface area contributed by atoms with E-state index < -0.39 is 10.0 Å². The van der Waals surface area contributed by atoms with Crippen LogP contribution in [0.2, 0.25) is 5.02 Å². The predicted octanol–water partition coefficient (Wildman–Crippen LogP) is 0.642. The number of hydrogen-bond donors (Lipinski definition) is 1. The van der Waals surface area contributed by atoms with Crippen LogP contribution in [0.4, 0.5) is 0 Å².